The molecule has 0 aliphatic heterocycles. The van der Waals surface area contributed by atoms with Gasteiger partial charge in [-0.3, -0.25) is 4.79 Å². The number of ether oxygens (including phenoxy) is 3. The van der Waals surface area contributed by atoms with Gasteiger partial charge < -0.3 is 14.2 Å². The van der Waals surface area contributed by atoms with Crippen LogP contribution in [0.4, 0.5) is 0 Å². The number of nitrogens with one attached hydrogen (secondary N) is 1. The number of hydrogen-bond acceptors (Lipinski definition) is 5. The van der Waals surface area contributed by atoms with Gasteiger partial charge >= 0.3 is 0 Å². The third-order valence-electron chi connectivity index (χ3n) is 4.41. The van der Waals surface area contributed by atoms with Crippen molar-refractivity contribution < 1.29 is 19.0 Å². The Balaban J connectivity index is 1.41. The summed E-state index contributed by atoms with van der Waals surface area (Å²) < 4.78 is 16.4. The molecule has 0 aliphatic rings. The Morgan fingerprint density at radius 1 is 0.906 bits per heavy atom. The van der Waals surface area contributed by atoms with Crippen LogP contribution in [0.5, 0.6) is 17.2 Å². The highest BCUT2D eigenvalue weighted by Gasteiger charge is 2.03. The molecule has 0 atom stereocenters. The number of rotatable bonds is 10. The van der Waals surface area contributed by atoms with Crippen LogP contribution >= 0.6 is 0 Å². The van der Waals surface area contributed by atoms with Crippen molar-refractivity contribution in [3.63, 3.8) is 0 Å². The molecule has 0 unspecified atom stereocenters. The molecule has 0 saturated heterocycles. The summed E-state index contributed by atoms with van der Waals surface area (Å²) >= 11 is 0. The van der Waals surface area contributed by atoms with Crippen LogP contribution in [-0.2, 0) is 11.4 Å². The average molecular weight is 431 g/mol. The number of carbonyl (C=O) groups is 1. The molecule has 0 saturated carbocycles. The molecule has 0 heterocycles. The van der Waals surface area contributed by atoms with Crippen molar-refractivity contribution in [3.8, 4) is 17.2 Å². The van der Waals surface area contributed by atoms with E-state index in [2.05, 4.69) is 10.5 Å². The van der Waals surface area contributed by atoms with Gasteiger partial charge in [-0.25, -0.2) is 5.43 Å². The molecule has 0 aromatic heterocycles. The third-order valence-corrected chi connectivity index (χ3v) is 4.41. The number of nitrogens with zero attached hydrogens (tertiary/aromatic N) is 1. The normalized spacial score (nSPS) is 11.2. The first kappa shape index (κ1) is 22.6. The molecule has 0 bridgehead atoms. The minimum atomic E-state index is -0.344. The topological polar surface area (TPSA) is 69.2 Å². The maximum atomic E-state index is 12.0. The SMILES string of the molecule is COc1cccc(/C=C/C(C)=N\NC(=O)COc2ccc(OCc3ccccc3)cc2)c1. The predicted molar refractivity (Wildman–Crippen MR) is 126 cm³/mol. The minimum Gasteiger partial charge on any atom is -0.497 e. The highest BCUT2D eigenvalue weighted by Crippen LogP contribution is 2.18. The summed E-state index contributed by atoms with van der Waals surface area (Å²) in [4.78, 5) is 12.0. The van der Waals surface area contributed by atoms with Gasteiger partial charge in [0.1, 0.15) is 23.9 Å². The standard InChI is InChI=1S/C26H26N2O4/c1-20(11-12-21-9-6-10-25(17-21)30-2)27-28-26(29)19-32-24-15-13-23(14-16-24)31-18-22-7-4-3-5-8-22/h3-17H,18-19H2,1-2H3,(H,28,29)/b12-11+,27-20-. The fourth-order valence-electron chi connectivity index (χ4n) is 2.70. The van der Waals surface area contributed by atoms with E-state index in [0.29, 0.717) is 18.1 Å². The largest absolute Gasteiger partial charge is 0.497 e. The van der Waals surface area contributed by atoms with Crippen molar-refractivity contribution in [1.29, 1.82) is 0 Å². The molecule has 6 heteroatoms. The maximum Gasteiger partial charge on any atom is 0.277 e. The lowest BCUT2D eigenvalue weighted by molar-refractivity contribution is -0.123. The number of hydrogen-bond donors (Lipinski definition) is 1. The zero-order chi connectivity index (χ0) is 22.6. The fraction of sp³-hybridized carbons (Fsp3) is 0.154. The molecule has 32 heavy (non-hydrogen) atoms. The van der Waals surface area contributed by atoms with Crippen LogP contribution in [0.15, 0.2) is 90.0 Å². The Hall–Kier alpha value is -4.06. The predicted octanol–water partition coefficient (Wildman–Crippen LogP) is 4.86. The molecule has 1 N–H and O–H groups in total. The molecule has 0 fully saturated rings. The van der Waals surface area contributed by atoms with Gasteiger partial charge in [-0.1, -0.05) is 48.5 Å². The van der Waals surface area contributed by atoms with Gasteiger partial charge in [0.2, 0.25) is 0 Å². The van der Waals surface area contributed by atoms with E-state index >= 15 is 0 Å². The quantitative estimate of drug-likeness (QED) is 0.368. The van der Waals surface area contributed by atoms with Gasteiger partial charge in [0, 0.05) is 0 Å². The van der Waals surface area contributed by atoms with Gasteiger partial charge in [0.15, 0.2) is 6.61 Å². The van der Waals surface area contributed by atoms with Crippen LogP contribution in [0.2, 0.25) is 0 Å². The Labute approximate surface area is 188 Å². The summed E-state index contributed by atoms with van der Waals surface area (Å²) in [5.41, 5.74) is 5.21. The second-order valence-electron chi connectivity index (χ2n) is 6.93. The number of methoxy groups -OCH3 is 1. The molecule has 0 aliphatic carbocycles. The lowest BCUT2D eigenvalue weighted by Gasteiger charge is -2.08. The zero-order valence-corrected chi connectivity index (χ0v) is 18.2. The van der Waals surface area contributed by atoms with Gasteiger partial charge in [-0.15, -0.1) is 0 Å². The maximum absolute atomic E-state index is 12.0. The highest BCUT2D eigenvalue weighted by atomic mass is 16.5. The summed E-state index contributed by atoms with van der Waals surface area (Å²) in [6.45, 7) is 2.15. The van der Waals surface area contributed by atoms with E-state index in [1.807, 2.05) is 78.9 Å². The first-order chi connectivity index (χ1) is 15.6. The minimum absolute atomic E-state index is 0.138. The second-order valence-corrected chi connectivity index (χ2v) is 6.93. The van der Waals surface area contributed by atoms with Crippen LogP contribution in [0.3, 0.4) is 0 Å². The summed E-state index contributed by atoms with van der Waals surface area (Å²) in [5, 5.41) is 4.06. The zero-order valence-electron chi connectivity index (χ0n) is 18.2. The molecule has 3 aromatic carbocycles. The van der Waals surface area contributed by atoms with Gasteiger partial charge in [-0.2, -0.15) is 5.10 Å². The van der Waals surface area contributed by atoms with Crippen molar-refractivity contribution in [1.82, 2.24) is 5.43 Å². The first-order valence-corrected chi connectivity index (χ1v) is 10.2. The van der Waals surface area contributed by atoms with E-state index in [4.69, 9.17) is 14.2 Å². The molecular weight excluding hydrogens is 404 g/mol. The lowest BCUT2D eigenvalue weighted by Crippen LogP contribution is -2.25. The van der Waals surface area contributed by atoms with E-state index in [9.17, 15) is 4.79 Å². The van der Waals surface area contributed by atoms with Crippen molar-refractivity contribution in [3.05, 3.63) is 96.1 Å². The van der Waals surface area contributed by atoms with Crippen molar-refractivity contribution in [2.24, 2.45) is 5.10 Å². The number of hydrazone groups is 1. The lowest BCUT2D eigenvalue weighted by atomic mass is 10.2. The Morgan fingerprint density at radius 2 is 1.62 bits per heavy atom. The van der Waals surface area contributed by atoms with Gasteiger partial charge in [0.05, 0.1) is 12.8 Å². The summed E-state index contributed by atoms with van der Waals surface area (Å²) in [7, 11) is 1.63. The molecular formula is C26H26N2O4. The first-order valence-electron chi connectivity index (χ1n) is 10.2. The molecule has 164 valence electrons. The molecule has 3 aromatic rings. The number of benzene rings is 3. The average Bonchev–Trinajstić information content (AvgIpc) is 2.85. The van der Waals surface area contributed by atoms with Crippen LogP contribution in [-0.4, -0.2) is 25.3 Å². The van der Waals surface area contributed by atoms with E-state index in [-0.39, 0.29) is 12.5 Å². The Bertz CT molecular complexity index is 1060. The molecule has 1 amide bonds. The Kier molecular flexibility index (Phi) is 8.45. The van der Waals surface area contributed by atoms with Crippen molar-refractivity contribution >= 4 is 17.7 Å². The van der Waals surface area contributed by atoms with E-state index in [0.717, 1.165) is 22.6 Å². The third kappa shape index (κ3) is 7.65. The summed E-state index contributed by atoms with van der Waals surface area (Å²) in [5.74, 6) is 1.74. The van der Waals surface area contributed by atoms with E-state index in [1.165, 1.54) is 0 Å². The highest BCUT2D eigenvalue weighted by molar-refractivity contribution is 5.97. The van der Waals surface area contributed by atoms with Gasteiger partial charge in [0.25, 0.3) is 5.91 Å². The number of allylic oxidation sites excluding steroid dienone is 1. The monoisotopic (exact) mass is 430 g/mol. The number of carbonyl (C=O) groups excluding carboxylic acids is 1. The van der Waals surface area contributed by atoms with Crippen molar-refractivity contribution in [2.75, 3.05) is 13.7 Å². The van der Waals surface area contributed by atoms with Gasteiger partial charge in [-0.05, 0) is 60.5 Å². The number of amides is 1. The van der Waals surface area contributed by atoms with Crippen LogP contribution in [0, 0.1) is 0 Å². The van der Waals surface area contributed by atoms with Crippen LogP contribution in [0.1, 0.15) is 18.1 Å². The van der Waals surface area contributed by atoms with Crippen molar-refractivity contribution in [2.45, 2.75) is 13.5 Å². The van der Waals surface area contributed by atoms with Crippen LogP contribution < -0.4 is 19.6 Å². The van der Waals surface area contributed by atoms with Crippen LogP contribution in [0.25, 0.3) is 6.08 Å². The summed E-state index contributed by atoms with van der Waals surface area (Å²) in [6, 6.07) is 24.7. The smallest absolute Gasteiger partial charge is 0.277 e. The fourth-order valence-corrected chi connectivity index (χ4v) is 2.70. The second kappa shape index (κ2) is 12.0. The Morgan fingerprint density at radius 3 is 2.34 bits per heavy atom. The molecule has 6 nitrogen and oxygen atoms in total. The van der Waals surface area contributed by atoms with E-state index < -0.39 is 0 Å². The molecule has 3 rings (SSSR count). The summed E-state index contributed by atoms with van der Waals surface area (Å²) in [6.07, 6.45) is 3.70. The molecule has 0 radical (unpaired) electrons. The molecule has 0 spiro atoms. The van der Waals surface area contributed by atoms with E-state index in [1.54, 1.807) is 26.2 Å².